The number of hydrogen-bond donors (Lipinski definition) is 2. The number of pyridine rings is 2. The zero-order valence-electron chi connectivity index (χ0n) is 13.8. The van der Waals surface area contributed by atoms with Gasteiger partial charge in [-0.2, -0.15) is 4.98 Å². The van der Waals surface area contributed by atoms with Crippen molar-refractivity contribution in [2.75, 3.05) is 5.73 Å². The minimum absolute atomic E-state index is 0.238. The predicted octanol–water partition coefficient (Wildman–Crippen LogP) is 2.32. The fraction of sp³-hybridized carbons (Fsp3) is 0.353. The molecule has 3 aromatic rings. The van der Waals surface area contributed by atoms with Crippen molar-refractivity contribution in [3.8, 4) is 11.1 Å². The Hall–Kier alpha value is -2.32. The van der Waals surface area contributed by atoms with Crippen LogP contribution < -0.4 is 10.5 Å². The van der Waals surface area contributed by atoms with Gasteiger partial charge in [-0.25, -0.2) is 13.4 Å². The van der Waals surface area contributed by atoms with Gasteiger partial charge in [0.2, 0.25) is 5.95 Å². The standard InChI is InChI=1S/C17H20N6OS/c18-17-20-16-7-6-12(11-23(16)21-17)13-8-15(10-19-9-13)25(24)22-14-4-2-1-3-5-14/h6-11,14,22H,1-5H2,(H2,18,21). The molecule has 7 nitrogen and oxygen atoms in total. The average molecular weight is 356 g/mol. The van der Waals surface area contributed by atoms with Crippen LogP contribution in [0.5, 0.6) is 0 Å². The summed E-state index contributed by atoms with van der Waals surface area (Å²) in [6.45, 7) is 0. The molecule has 3 aromatic heterocycles. The maximum Gasteiger partial charge on any atom is 0.240 e. The zero-order valence-corrected chi connectivity index (χ0v) is 14.6. The predicted molar refractivity (Wildman–Crippen MR) is 97.0 cm³/mol. The van der Waals surface area contributed by atoms with Crippen LogP contribution in [0, 0.1) is 0 Å². The van der Waals surface area contributed by atoms with E-state index >= 15 is 0 Å². The Morgan fingerprint density at radius 2 is 2.00 bits per heavy atom. The summed E-state index contributed by atoms with van der Waals surface area (Å²) in [6, 6.07) is 6.01. The van der Waals surface area contributed by atoms with E-state index in [0.29, 0.717) is 16.6 Å². The highest BCUT2D eigenvalue weighted by atomic mass is 32.2. The molecule has 1 atom stereocenters. The van der Waals surface area contributed by atoms with Gasteiger partial charge in [0, 0.05) is 35.8 Å². The molecule has 1 saturated carbocycles. The summed E-state index contributed by atoms with van der Waals surface area (Å²) in [7, 11) is -1.26. The lowest BCUT2D eigenvalue weighted by Crippen LogP contribution is -2.32. The first-order valence-corrected chi connectivity index (χ1v) is 9.59. The molecular weight excluding hydrogens is 336 g/mol. The van der Waals surface area contributed by atoms with E-state index in [9.17, 15) is 4.21 Å². The van der Waals surface area contributed by atoms with E-state index in [0.717, 1.165) is 24.0 Å². The normalized spacial score (nSPS) is 17.0. The molecule has 0 aromatic carbocycles. The molecule has 3 heterocycles. The van der Waals surface area contributed by atoms with Crippen LogP contribution in [0.1, 0.15) is 32.1 Å². The summed E-state index contributed by atoms with van der Waals surface area (Å²) in [5, 5.41) is 4.12. The van der Waals surface area contributed by atoms with Gasteiger partial charge in [0.1, 0.15) is 11.0 Å². The Morgan fingerprint density at radius 3 is 2.84 bits per heavy atom. The van der Waals surface area contributed by atoms with Gasteiger partial charge in [-0.05, 0) is 31.0 Å². The van der Waals surface area contributed by atoms with Crippen molar-refractivity contribution in [3.63, 3.8) is 0 Å². The number of nitrogen functional groups attached to an aromatic ring is 1. The summed E-state index contributed by atoms with van der Waals surface area (Å²) < 4.78 is 17.5. The summed E-state index contributed by atoms with van der Waals surface area (Å²) in [6.07, 6.45) is 11.1. The van der Waals surface area contributed by atoms with E-state index in [1.54, 1.807) is 16.9 Å². The van der Waals surface area contributed by atoms with Crippen molar-refractivity contribution >= 4 is 22.6 Å². The molecule has 1 aliphatic rings. The molecule has 0 bridgehead atoms. The van der Waals surface area contributed by atoms with Crippen LogP contribution in [-0.2, 0) is 11.0 Å². The largest absolute Gasteiger partial charge is 0.366 e. The van der Waals surface area contributed by atoms with Gasteiger partial charge in [-0.1, -0.05) is 19.3 Å². The van der Waals surface area contributed by atoms with Crippen molar-refractivity contribution < 1.29 is 4.21 Å². The van der Waals surface area contributed by atoms with Gasteiger partial charge in [0.15, 0.2) is 5.65 Å². The Morgan fingerprint density at radius 1 is 1.16 bits per heavy atom. The third-order valence-electron chi connectivity index (χ3n) is 4.49. The number of rotatable bonds is 4. The molecule has 0 spiro atoms. The zero-order chi connectivity index (χ0) is 17.2. The molecule has 0 amide bonds. The molecule has 3 N–H and O–H groups in total. The second kappa shape index (κ2) is 6.89. The molecule has 130 valence electrons. The Bertz CT molecular complexity index is 918. The Balaban J connectivity index is 1.58. The highest BCUT2D eigenvalue weighted by Gasteiger charge is 2.17. The number of fused-ring (bicyclic) bond motifs is 1. The molecule has 1 unspecified atom stereocenters. The van der Waals surface area contributed by atoms with Crippen LogP contribution in [0.4, 0.5) is 5.95 Å². The smallest absolute Gasteiger partial charge is 0.240 e. The van der Waals surface area contributed by atoms with E-state index in [2.05, 4.69) is 19.8 Å². The molecule has 25 heavy (non-hydrogen) atoms. The van der Waals surface area contributed by atoms with Crippen molar-refractivity contribution in [2.45, 2.75) is 43.0 Å². The maximum atomic E-state index is 12.6. The SMILES string of the molecule is Nc1nc2ccc(-c3cncc(S(=O)NC4CCCCC4)c3)cn2n1. The quantitative estimate of drug-likeness (QED) is 0.747. The molecule has 1 fully saturated rings. The number of anilines is 1. The fourth-order valence-electron chi connectivity index (χ4n) is 3.19. The van der Waals surface area contributed by atoms with E-state index in [-0.39, 0.29) is 5.95 Å². The summed E-state index contributed by atoms with van der Waals surface area (Å²) in [5.41, 5.74) is 8.12. The number of hydrogen-bond acceptors (Lipinski definition) is 5. The van der Waals surface area contributed by atoms with E-state index in [1.807, 2.05) is 24.4 Å². The minimum atomic E-state index is -1.26. The second-order valence-corrected chi connectivity index (χ2v) is 7.57. The highest BCUT2D eigenvalue weighted by Crippen LogP contribution is 2.22. The third-order valence-corrected chi connectivity index (χ3v) is 5.69. The number of nitrogens with two attached hydrogens (primary N) is 1. The van der Waals surface area contributed by atoms with Crippen LogP contribution in [-0.4, -0.2) is 29.8 Å². The number of nitrogens with zero attached hydrogens (tertiary/aromatic N) is 4. The van der Waals surface area contributed by atoms with Gasteiger partial charge in [0.25, 0.3) is 0 Å². The summed E-state index contributed by atoms with van der Waals surface area (Å²) in [5.74, 6) is 0.238. The molecular formula is C17H20N6OS. The van der Waals surface area contributed by atoms with Crippen LogP contribution in [0.15, 0.2) is 41.7 Å². The van der Waals surface area contributed by atoms with Crippen LogP contribution in [0.25, 0.3) is 16.8 Å². The molecule has 4 rings (SSSR count). The lowest BCUT2D eigenvalue weighted by molar-refractivity contribution is 0.419. The summed E-state index contributed by atoms with van der Waals surface area (Å²) in [4.78, 5) is 9.05. The van der Waals surface area contributed by atoms with E-state index in [4.69, 9.17) is 5.73 Å². The molecule has 1 aliphatic carbocycles. The first kappa shape index (κ1) is 16.2. The topological polar surface area (TPSA) is 98.2 Å². The van der Waals surface area contributed by atoms with Crippen LogP contribution in [0.3, 0.4) is 0 Å². The summed E-state index contributed by atoms with van der Waals surface area (Å²) >= 11 is 0. The van der Waals surface area contributed by atoms with Crippen molar-refractivity contribution in [1.82, 2.24) is 24.3 Å². The first-order valence-electron chi connectivity index (χ1n) is 8.44. The van der Waals surface area contributed by atoms with Gasteiger partial charge in [-0.15, -0.1) is 5.10 Å². The molecule has 0 radical (unpaired) electrons. The molecule has 0 saturated heterocycles. The minimum Gasteiger partial charge on any atom is -0.366 e. The number of aromatic nitrogens is 4. The Labute approximate surface area is 148 Å². The highest BCUT2D eigenvalue weighted by molar-refractivity contribution is 7.83. The molecule has 8 heteroatoms. The van der Waals surface area contributed by atoms with Crippen LogP contribution >= 0.6 is 0 Å². The number of nitrogens with one attached hydrogen (secondary N) is 1. The van der Waals surface area contributed by atoms with Crippen molar-refractivity contribution in [1.29, 1.82) is 0 Å². The van der Waals surface area contributed by atoms with Crippen LogP contribution in [0.2, 0.25) is 0 Å². The van der Waals surface area contributed by atoms with Crippen molar-refractivity contribution in [3.05, 3.63) is 36.8 Å². The van der Waals surface area contributed by atoms with E-state index in [1.165, 1.54) is 19.3 Å². The van der Waals surface area contributed by atoms with E-state index < -0.39 is 11.0 Å². The Kier molecular flexibility index (Phi) is 4.46. The van der Waals surface area contributed by atoms with Crippen molar-refractivity contribution in [2.24, 2.45) is 0 Å². The van der Waals surface area contributed by atoms with Gasteiger partial charge in [0.05, 0.1) is 4.90 Å². The maximum absolute atomic E-state index is 12.6. The third kappa shape index (κ3) is 3.54. The second-order valence-electron chi connectivity index (χ2n) is 6.32. The first-order chi connectivity index (χ1) is 12.2. The lowest BCUT2D eigenvalue weighted by Gasteiger charge is -2.22. The molecule has 0 aliphatic heterocycles. The average Bonchev–Trinajstić information content (AvgIpc) is 3.02. The monoisotopic (exact) mass is 356 g/mol. The van der Waals surface area contributed by atoms with Gasteiger partial charge in [-0.3, -0.25) is 4.98 Å². The fourth-order valence-corrected chi connectivity index (χ4v) is 4.25. The lowest BCUT2D eigenvalue weighted by atomic mass is 9.96. The van der Waals surface area contributed by atoms with Gasteiger partial charge >= 0.3 is 0 Å². The van der Waals surface area contributed by atoms with Gasteiger partial charge < -0.3 is 5.73 Å².